The fraction of sp³-hybridized carbons (Fsp3) is 1.00. The van der Waals surface area contributed by atoms with Gasteiger partial charge in [0.25, 0.3) is 0 Å². The molecule has 1 saturated carbocycles. The Morgan fingerprint density at radius 1 is 1.19 bits per heavy atom. The van der Waals surface area contributed by atoms with Gasteiger partial charge in [0.2, 0.25) is 0 Å². The van der Waals surface area contributed by atoms with Gasteiger partial charge in [-0.2, -0.15) is 0 Å². The van der Waals surface area contributed by atoms with Gasteiger partial charge in [-0.05, 0) is 50.0 Å². The van der Waals surface area contributed by atoms with E-state index in [1.54, 1.807) is 0 Å². The van der Waals surface area contributed by atoms with Crippen molar-refractivity contribution in [2.45, 2.75) is 37.7 Å². The highest BCUT2D eigenvalue weighted by atomic mass is 16.6. The molecule has 92 valence electrons. The Morgan fingerprint density at radius 2 is 2.12 bits per heavy atom. The van der Waals surface area contributed by atoms with Crippen LogP contribution in [0.1, 0.15) is 32.1 Å². The zero-order valence-corrected chi connectivity index (χ0v) is 9.99. The van der Waals surface area contributed by atoms with E-state index in [9.17, 15) is 0 Å². The standard InChI is InChI=1S/C13H23NO2/c14-8-11-1-2-12(11)10-3-5-16-13(7-10)4-6-15-9-13/h10-12H,1-9,14H2. The van der Waals surface area contributed by atoms with Crippen molar-refractivity contribution in [3.05, 3.63) is 0 Å². The normalized spacial score (nSPS) is 48.2. The van der Waals surface area contributed by atoms with Crippen LogP contribution in [0.3, 0.4) is 0 Å². The molecule has 0 radical (unpaired) electrons. The van der Waals surface area contributed by atoms with Gasteiger partial charge in [-0.15, -0.1) is 0 Å². The Bertz CT molecular complexity index is 248. The van der Waals surface area contributed by atoms with Gasteiger partial charge in [0.1, 0.15) is 0 Å². The van der Waals surface area contributed by atoms with Gasteiger partial charge in [0, 0.05) is 19.6 Å². The number of rotatable bonds is 2. The molecule has 16 heavy (non-hydrogen) atoms. The van der Waals surface area contributed by atoms with Crippen LogP contribution in [0.5, 0.6) is 0 Å². The second-order valence-corrected chi connectivity index (χ2v) is 5.82. The van der Waals surface area contributed by atoms with E-state index < -0.39 is 0 Å². The molecule has 0 aromatic carbocycles. The van der Waals surface area contributed by atoms with Crippen LogP contribution in [0.4, 0.5) is 0 Å². The summed E-state index contributed by atoms with van der Waals surface area (Å²) < 4.78 is 11.5. The monoisotopic (exact) mass is 225 g/mol. The average Bonchev–Trinajstić information content (AvgIpc) is 2.65. The Hall–Kier alpha value is -0.120. The molecule has 3 aliphatic rings. The highest BCUT2D eigenvalue weighted by molar-refractivity contribution is 4.95. The lowest BCUT2D eigenvalue weighted by atomic mass is 9.63. The summed E-state index contributed by atoms with van der Waals surface area (Å²) in [5.41, 5.74) is 5.90. The number of hydrogen-bond acceptors (Lipinski definition) is 3. The second kappa shape index (κ2) is 4.28. The maximum atomic E-state index is 5.99. The smallest absolute Gasteiger partial charge is 0.0939 e. The summed E-state index contributed by atoms with van der Waals surface area (Å²) in [5, 5.41) is 0. The zero-order valence-electron chi connectivity index (χ0n) is 9.99. The van der Waals surface area contributed by atoms with Crippen molar-refractivity contribution in [2.75, 3.05) is 26.4 Å². The third kappa shape index (κ3) is 1.79. The number of nitrogens with two attached hydrogens (primary N) is 1. The van der Waals surface area contributed by atoms with Crippen LogP contribution in [0.15, 0.2) is 0 Å². The summed E-state index contributed by atoms with van der Waals surface area (Å²) in [6, 6.07) is 0. The molecule has 0 amide bonds. The third-order valence-corrected chi connectivity index (χ3v) is 4.98. The molecule has 1 aliphatic carbocycles. The molecule has 3 heteroatoms. The second-order valence-electron chi connectivity index (χ2n) is 5.82. The first-order chi connectivity index (χ1) is 7.83. The minimum Gasteiger partial charge on any atom is -0.378 e. The molecule has 4 atom stereocenters. The van der Waals surface area contributed by atoms with Crippen molar-refractivity contribution in [3.8, 4) is 0 Å². The number of hydrogen-bond donors (Lipinski definition) is 1. The zero-order chi connectivity index (χ0) is 11.0. The molecule has 2 heterocycles. The minimum atomic E-state index is 0.0810. The Balaban J connectivity index is 1.63. The third-order valence-electron chi connectivity index (χ3n) is 4.98. The molecular formula is C13H23NO2. The summed E-state index contributed by atoms with van der Waals surface area (Å²) in [4.78, 5) is 0. The lowest BCUT2D eigenvalue weighted by Crippen LogP contribution is -2.46. The van der Waals surface area contributed by atoms with Crippen molar-refractivity contribution >= 4 is 0 Å². The summed E-state index contributed by atoms with van der Waals surface area (Å²) in [6.45, 7) is 3.52. The van der Waals surface area contributed by atoms with Gasteiger partial charge in [0.15, 0.2) is 0 Å². The topological polar surface area (TPSA) is 44.5 Å². The summed E-state index contributed by atoms with van der Waals surface area (Å²) in [7, 11) is 0. The van der Waals surface area contributed by atoms with Crippen LogP contribution in [-0.2, 0) is 9.47 Å². The molecule has 4 unspecified atom stereocenters. The van der Waals surface area contributed by atoms with Gasteiger partial charge >= 0.3 is 0 Å². The van der Waals surface area contributed by atoms with Gasteiger partial charge in [-0.3, -0.25) is 0 Å². The van der Waals surface area contributed by atoms with E-state index >= 15 is 0 Å². The maximum Gasteiger partial charge on any atom is 0.0939 e. The first-order valence-corrected chi connectivity index (χ1v) is 6.75. The van der Waals surface area contributed by atoms with Crippen LogP contribution in [0, 0.1) is 17.8 Å². The van der Waals surface area contributed by atoms with Crippen molar-refractivity contribution in [3.63, 3.8) is 0 Å². The molecule has 2 N–H and O–H groups in total. The maximum absolute atomic E-state index is 5.99. The van der Waals surface area contributed by atoms with E-state index in [0.29, 0.717) is 0 Å². The van der Waals surface area contributed by atoms with Crippen molar-refractivity contribution in [1.29, 1.82) is 0 Å². The molecule has 0 bridgehead atoms. The first kappa shape index (κ1) is 11.0. The molecule has 3 fully saturated rings. The molecule has 3 nitrogen and oxygen atoms in total. The van der Waals surface area contributed by atoms with Crippen LogP contribution < -0.4 is 5.73 Å². The fourth-order valence-electron chi connectivity index (χ4n) is 3.80. The largest absolute Gasteiger partial charge is 0.378 e. The minimum absolute atomic E-state index is 0.0810. The Kier molecular flexibility index (Phi) is 2.94. The summed E-state index contributed by atoms with van der Waals surface area (Å²) in [6.07, 6.45) is 6.30. The highest BCUT2D eigenvalue weighted by Gasteiger charge is 2.45. The predicted octanol–water partition coefficient (Wildman–Crippen LogP) is 1.56. The lowest BCUT2D eigenvalue weighted by Gasteiger charge is -2.47. The van der Waals surface area contributed by atoms with E-state index in [4.69, 9.17) is 15.2 Å². The van der Waals surface area contributed by atoms with E-state index in [1.807, 2.05) is 0 Å². The molecular weight excluding hydrogens is 202 g/mol. The summed E-state index contributed by atoms with van der Waals surface area (Å²) >= 11 is 0. The lowest BCUT2D eigenvalue weighted by molar-refractivity contribution is -0.118. The Labute approximate surface area is 97.7 Å². The molecule has 2 aliphatic heterocycles. The average molecular weight is 225 g/mol. The summed E-state index contributed by atoms with van der Waals surface area (Å²) in [5.74, 6) is 2.52. The van der Waals surface area contributed by atoms with Gasteiger partial charge < -0.3 is 15.2 Å². The molecule has 0 aromatic heterocycles. The van der Waals surface area contributed by atoms with Gasteiger partial charge in [-0.25, -0.2) is 0 Å². The van der Waals surface area contributed by atoms with Crippen molar-refractivity contribution in [1.82, 2.24) is 0 Å². The van der Waals surface area contributed by atoms with Crippen LogP contribution in [-0.4, -0.2) is 32.0 Å². The molecule has 3 rings (SSSR count). The molecule has 2 saturated heterocycles. The van der Waals surface area contributed by atoms with E-state index in [2.05, 4.69) is 0 Å². The molecule has 0 aromatic rings. The van der Waals surface area contributed by atoms with Crippen LogP contribution in [0.25, 0.3) is 0 Å². The van der Waals surface area contributed by atoms with Crippen LogP contribution >= 0.6 is 0 Å². The highest BCUT2D eigenvalue weighted by Crippen LogP contribution is 2.47. The van der Waals surface area contributed by atoms with Gasteiger partial charge in [0.05, 0.1) is 12.2 Å². The quantitative estimate of drug-likeness (QED) is 0.775. The van der Waals surface area contributed by atoms with Gasteiger partial charge in [-0.1, -0.05) is 0 Å². The van der Waals surface area contributed by atoms with Crippen molar-refractivity contribution < 1.29 is 9.47 Å². The SMILES string of the molecule is NCC1CCC1C1CCOC2(CCOC2)C1. The fourth-order valence-corrected chi connectivity index (χ4v) is 3.80. The first-order valence-electron chi connectivity index (χ1n) is 6.75. The molecule has 1 spiro atoms. The van der Waals surface area contributed by atoms with Crippen LogP contribution in [0.2, 0.25) is 0 Å². The predicted molar refractivity (Wildman–Crippen MR) is 62.1 cm³/mol. The number of ether oxygens (including phenoxy) is 2. The van der Waals surface area contributed by atoms with Crippen molar-refractivity contribution in [2.24, 2.45) is 23.5 Å². The Morgan fingerprint density at radius 3 is 2.75 bits per heavy atom. The van der Waals surface area contributed by atoms with E-state index in [1.165, 1.54) is 25.7 Å². The van der Waals surface area contributed by atoms with E-state index in [0.717, 1.165) is 50.5 Å². The van der Waals surface area contributed by atoms with E-state index in [-0.39, 0.29) is 5.60 Å².